The summed E-state index contributed by atoms with van der Waals surface area (Å²) in [6.07, 6.45) is 5.43. The Morgan fingerprint density at radius 2 is 1.85 bits per heavy atom. The summed E-state index contributed by atoms with van der Waals surface area (Å²) in [4.78, 5) is 22.0. The molecule has 2 rings (SSSR count). The second kappa shape index (κ2) is 6.98. The molecule has 8 heteroatoms. The summed E-state index contributed by atoms with van der Waals surface area (Å²) in [6, 6.07) is 4.77. The highest BCUT2D eigenvalue weighted by atomic mass is 16.6. The van der Waals surface area contributed by atoms with Crippen LogP contribution >= 0.6 is 0 Å². The number of hydrogen-bond acceptors (Lipinski definition) is 7. The predicted molar refractivity (Wildman–Crippen MR) is 74.5 cm³/mol. The van der Waals surface area contributed by atoms with Crippen molar-refractivity contribution >= 4 is 17.5 Å². The number of hydrogen-bond donors (Lipinski definition) is 2. The van der Waals surface area contributed by atoms with Gasteiger partial charge in [-0.3, -0.25) is 10.1 Å². The molecule has 0 bridgehead atoms. The van der Waals surface area contributed by atoms with Crippen LogP contribution in [-0.2, 0) is 0 Å². The molecule has 0 atom stereocenters. The van der Waals surface area contributed by atoms with Crippen LogP contribution in [-0.4, -0.2) is 33.0 Å². The van der Waals surface area contributed by atoms with E-state index in [0.717, 1.165) is 13.0 Å². The van der Waals surface area contributed by atoms with Crippen LogP contribution in [0.4, 0.5) is 17.5 Å². The number of nitro groups is 1. The van der Waals surface area contributed by atoms with E-state index in [4.69, 9.17) is 0 Å². The Balaban J connectivity index is 1.67. The van der Waals surface area contributed by atoms with E-state index in [9.17, 15) is 10.1 Å². The van der Waals surface area contributed by atoms with Crippen molar-refractivity contribution in [3.63, 3.8) is 0 Å². The molecule has 20 heavy (non-hydrogen) atoms. The molecule has 0 radical (unpaired) electrons. The molecule has 2 aromatic heterocycles. The predicted octanol–water partition coefficient (Wildman–Crippen LogP) is 1.69. The fraction of sp³-hybridized carbons (Fsp3) is 0.250. The molecule has 0 aromatic carbocycles. The van der Waals surface area contributed by atoms with Crippen molar-refractivity contribution in [3.05, 3.63) is 46.9 Å². The minimum atomic E-state index is -0.472. The summed E-state index contributed by atoms with van der Waals surface area (Å²) >= 11 is 0. The third-order valence-corrected chi connectivity index (χ3v) is 2.47. The van der Waals surface area contributed by atoms with E-state index in [1.165, 1.54) is 12.3 Å². The Bertz CT molecular complexity index is 546. The van der Waals surface area contributed by atoms with Crippen LogP contribution in [0.25, 0.3) is 0 Å². The Labute approximate surface area is 115 Å². The monoisotopic (exact) mass is 274 g/mol. The van der Waals surface area contributed by atoms with Crippen molar-refractivity contribution in [2.45, 2.75) is 6.42 Å². The summed E-state index contributed by atoms with van der Waals surface area (Å²) in [7, 11) is 0. The Hall–Kier alpha value is -2.77. The van der Waals surface area contributed by atoms with Gasteiger partial charge in [0.05, 0.1) is 4.92 Å². The second-order valence-electron chi connectivity index (χ2n) is 3.94. The lowest BCUT2D eigenvalue weighted by molar-refractivity contribution is -0.385. The molecule has 8 nitrogen and oxygen atoms in total. The average molecular weight is 274 g/mol. The highest BCUT2D eigenvalue weighted by molar-refractivity contribution is 5.39. The zero-order valence-electron chi connectivity index (χ0n) is 10.7. The number of aromatic nitrogens is 3. The van der Waals surface area contributed by atoms with E-state index >= 15 is 0 Å². The van der Waals surface area contributed by atoms with E-state index < -0.39 is 4.92 Å². The lowest BCUT2D eigenvalue weighted by Gasteiger charge is -2.06. The highest BCUT2D eigenvalue weighted by Gasteiger charge is 2.04. The van der Waals surface area contributed by atoms with Gasteiger partial charge in [-0.2, -0.15) is 0 Å². The summed E-state index contributed by atoms with van der Waals surface area (Å²) in [5, 5.41) is 16.6. The number of nitrogens with one attached hydrogen (secondary N) is 2. The molecule has 2 heterocycles. The fourth-order valence-electron chi connectivity index (χ4n) is 1.49. The zero-order chi connectivity index (χ0) is 14.2. The summed E-state index contributed by atoms with van der Waals surface area (Å²) < 4.78 is 0. The minimum absolute atomic E-state index is 0.0153. The van der Waals surface area contributed by atoms with Gasteiger partial charge in [0.25, 0.3) is 5.69 Å². The normalized spacial score (nSPS) is 10.0. The maximum absolute atomic E-state index is 10.5. The van der Waals surface area contributed by atoms with Crippen LogP contribution < -0.4 is 10.6 Å². The molecule has 0 aliphatic heterocycles. The van der Waals surface area contributed by atoms with E-state index in [-0.39, 0.29) is 5.69 Å². The Kier molecular flexibility index (Phi) is 4.76. The van der Waals surface area contributed by atoms with Crippen molar-refractivity contribution < 1.29 is 4.92 Å². The minimum Gasteiger partial charge on any atom is -0.370 e. The average Bonchev–Trinajstić information content (AvgIpc) is 2.48. The van der Waals surface area contributed by atoms with Gasteiger partial charge < -0.3 is 10.6 Å². The van der Waals surface area contributed by atoms with Crippen molar-refractivity contribution in [2.75, 3.05) is 23.7 Å². The van der Waals surface area contributed by atoms with Crippen LogP contribution in [0.5, 0.6) is 0 Å². The van der Waals surface area contributed by atoms with E-state index in [0.29, 0.717) is 18.3 Å². The summed E-state index contributed by atoms with van der Waals surface area (Å²) in [5.74, 6) is 1.22. The maximum Gasteiger partial charge on any atom is 0.287 e. The first-order valence-corrected chi connectivity index (χ1v) is 6.11. The molecule has 0 aliphatic rings. The molecule has 2 N–H and O–H groups in total. The Morgan fingerprint density at radius 1 is 1.10 bits per heavy atom. The number of rotatable bonds is 7. The van der Waals surface area contributed by atoms with Gasteiger partial charge in [0.2, 0.25) is 5.95 Å². The van der Waals surface area contributed by atoms with E-state index in [1.54, 1.807) is 24.5 Å². The lowest BCUT2D eigenvalue weighted by atomic mass is 10.4. The lowest BCUT2D eigenvalue weighted by Crippen LogP contribution is -2.11. The number of nitrogens with zero attached hydrogens (tertiary/aromatic N) is 4. The topological polar surface area (TPSA) is 106 Å². The first-order chi connectivity index (χ1) is 9.75. The molecule has 0 saturated heterocycles. The van der Waals surface area contributed by atoms with Gasteiger partial charge in [0.1, 0.15) is 12.0 Å². The van der Waals surface area contributed by atoms with Gasteiger partial charge in [-0.1, -0.05) is 0 Å². The van der Waals surface area contributed by atoms with Crippen molar-refractivity contribution in [2.24, 2.45) is 0 Å². The third-order valence-electron chi connectivity index (χ3n) is 2.47. The molecule has 0 saturated carbocycles. The van der Waals surface area contributed by atoms with Gasteiger partial charge in [0.15, 0.2) is 0 Å². The van der Waals surface area contributed by atoms with Gasteiger partial charge in [-0.15, -0.1) is 0 Å². The van der Waals surface area contributed by atoms with Gasteiger partial charge in [-0.05, 0) is 18.6 Å². The van der Waals surface area contributed by atoms with Crippen molar-refractivity contribution in [1.29, 1.82) is 0 Å². The van der Waals surface area contributed by atoms with Crippen LogP contribution in [0.1, 0.15) is 6.42 Å². The summed E-state index contributed by atoms with van der Waals surface area (Å²) in [5.41, 5.74) is -0.0153. The molecule has 0 spiro atoms. The highest BCUT2D eigenvalue weighted by Crippen LogP contribution is 2.11. The SMILES string of the molecule is O=[N+]([O-])c1ccc(NCCCNc2ncccn2)nc1. The molecule has 0 amide bonds. The fourth-order valence-corrected chi connectivity index (χ4v) is 1.49. The standard InChI is InChI=1S/C12H14N6O2/c19-18(20)10-3-4-11(17-9-10)13-5-1-6-14-12-15-7-2-8-16-12/h2-4,7-9H,1,5-6H2,(H,13,17)(H,14,15,16). The maximum atomic E-state index is 10.5. The summed E-state index contributed by atoms with van der Waals surface area (Å²) in [6.45, 7) is 1.43. The quantitative estimate of drug-likeness (QED) is 0.449. The molecule has 104 valence electrons. The van der Waals surface area contributed by atoms with Crippen LogP contribution in [0.2, 0.25) is 0 Å². The van der Waals surface area contributed by atoms with Gasteiger partial charge in [0, 0.05) is 31.5 Å². The Morgan fingerprint density at radius 3 is 2.50 bits per heavy atom. The molecule has 2 aromatic rings. The number of pyridine rings is 1. The first kappa shape index (κ1) is 13.7. The van der Waals surface area contributed by atoms with Crippen LogP contribution in [0.15, 0.2) is 36.8 Å². The molecular weight excluding hydrogens is 260 g/mol. The van der Waals surface area contributed by atoms with Crippen LogP contribution in [0.3, 0.4) is 0 Å². The van der Waals surface area contributed by atoms with E-state index in [2.05, 4.69) is 25.6 Å². The first-order valence-electron chi connectivity index (χ1n) is 6.11. The van der Waals surface area contributed by atoms with Crippen molar-refractivity contribution in [1.82, 2.24) is 15.0 Å². The second-order valence-corrected chi connectivity index (χ2v) is 3.94. The molecule has 0 aliphatic carbocycles. The van der Waals surface area contributed by atoms with Crippen LogP contribution in [0, 0.1) is 10.1 Å². The smallest absolute Gasteiger partial charge is 0.287 e. The molecule has 0 fully saturated rings. The number of anilines is 2. The largest absolute Gasteiger partial charge is 0.370 e. The van der Waals surface area contributed by atoms with Gasteiger partial charge in [-0.25, -0.2) is 15.0 Å². The third kappa shape index (κ3) is 4.16. The molecular formula is C12H14N6O2. The molecule has 0 unspecified atom stereocenters. The van der Waals surface area contributed by atoms with E-state index in [1.807, 2.05) is 0 Å². The zero-order valence-corrected chi connectivity index (χ0v) is 10.7. The van der Waals surface area contributed by atoms with Gasteiger partial charge >= 0.3 is 0 Å². The van der Waals surface area contributed by atoms with Crippen molar-refractivity contribution in [3.8, 4) is 0 Å².